The molecule has 3 rings (SSSR count). The third-order valence-corrected chi connectivity index (χ3v) is 6.22. The van der Waals surface area contributed by atoms with Gasteiger partial charge in [0.1, 0.15) is 17.1 Å². The van der Waals surface area contributed by atoms with Gasteiger partial charge in [-0.2, -0.15) is 0 Å². The van der Waals surface area contributed by atoms with E-state index in [2.05, 4.69) is 11.9 Å². The predicted molar refractivity (Wildman–Crippen MR) is 132 cm³/mol. The van der Waals surface area contributed by atoms with Crippen LogP contribution in [0.2, 0.25) is 0 Å². The first kappa shape index (κ1) is 23.8. The van der Waals surface area contributed by atoms with E-state index in [9.17, 15) is 9.18 Å². The summed E-state index contributed by atoms with van der Waals surface area (Å²) in [6, 6.07) is 5.29. The highest BCUT2D eigenvalue weighted by atomic mass is 32.2. The zero-order valence-corrected chi connectivity index (χ0v) is 19.0. The lowest BCUT2D eigenvalue weighted by atomic mass is 9.82. The molecule has 0 saturated heterocycles. The first-order valence-electron chi connectivity index (χ1n) is 10.0. The normalized spacial score (nSPS) is 19.8. The molecule has 0 aromatic heterocycles. The molecular formula is C25H24FNO3S2. The number of ether oxygens (including phenoxy) is 2. The minimum Gasteiger partial charge on any atom is -0.484 e. The molecule has 3 unspecified atom stereocenters. The zero-order chi connectivity index (χ0) is 22.8. The van der Waals surface area contributed by atoms with Crippen LogP contribution >= 0.6 is 24.0 Å². The van der Waals surface area contributed by atoms with E-state index in [0.717, 1.165) is 6.42 Å². The van der Waals surface area contributed by atoms with Crippen molar-refractivity contribution in [3.8, 4) is 0 Å². The van der Waals surface area contributed by atoms with Gasteiger partial charge in [-0.05, 0) is 53.9 Å². The lowest BCUT2D eigenvalue weighted by Crippen LogP contribution is -2.56. The van der Waals surface area contributed by atoms with Crippen molar-refractivity contribution in [2.24, 2.45) is 0 Å². The molecule has 0 bridgehead atoms. The smallest absolute Gasteiger partial charge is 0.258 e. The van der Waals surface area contributed by atoms with E-state index in [0.29, 0.717) is 11.3 Å². The molecule has 1 aromatic rings. The van der Waals surface area contributed by atoms with Crippen LogP contribution in [0.5, 0.6) is 0 Å². The summed E-state index contributed by atoms with van der Waals surface area (Å²) in [5.41, 5.74) is 0.678. The van der Waals surface area contributed by atoms with Gasteiger partial charge < -0.3 is 14.8 Å². The van der Waals surface area contributed by atoms with Crippen LogP contribution < -0.4 is 5.32 Å². The van der Waals surface area contributed by atoms with E-state index in [4.69, 9.17) is 21.7 Å². The second-order valence-electron chi connectivity index (χ2n) is 6.98. The topological polar surface area (TPSA) is 47.6 Å². The maximum absolute atomic E-state index is 13.7. The highest BCUT2D eigenvalue weighted by Gasteiger charge is 2.48. The average Bonchev–Trinajstić information content (AvgIpc) is 3.10. The Morgan fingerprint density at radius 3 is 2.81 bits per heavy atom. The fourth-order valence-corrected chi connectivity index (χ4v) is 4.75. The lowest BCUT2D eigenvalue weighted by molar-refractivity contribution is -0.126. The molecule has 0 radical (unpaired) electrons. The molecule has 3 atom stereocenters. The molecule has 4 nitrogen and oxygen atoms in total. The van der Waals surface area contributed by atoms with E-state index in [1.165, 1.54) is 29.4 Å². The Labute approximate surface area is 197 Å². The molecule has 1 N–H and O–H groups in total. The number of allylic oxidation sites excluding steroid dienone is 7. The van der Waals surface area contributed by atoms with Crippen LogP contribution in [-0.2, 0) is 19.9 Å². The van der Waals surface area contributed by atoms with Crippen LogP contribution in [0, 0.1) is 5.82 Å². The monoisotopic (exact) mass is 469 g/mol. The highest BCUT2D eigenvalue weighted by Crippen LogP contribution is 2.42. The van der Waals surface area contributed by atoms with E-state index >= 15 is 0 Å². The third-order valence-electron chi connectivity index (χ3n) is 5.01. The Kier molecular flexibility index (Phi) is 8.64. The van der Waals surface area contributed by atoms with Crippen molar-refractivity contribution in [3.63, 3.8) is 0 Å². The molecule has 0 fully saturated rings. The summed E-state index contributed by atoms with van der Waals surface area (Å²) in [5.74, 6) is -0.0964. The van der Waals surface area contributed by atoms with Crippen molar-refractivity contribution in [1.82, 2.24) is 5.32 Å². The van der Waals surface area contributed by atoms with Gasteiger partial charge in [-0.25, -0.2) is 4.39 Å². The van der Waals surface area contributed by atoms with Crippen LogP contribution in [0.1, 0.15) is 12.0 Å². The van der Waals surface area contributed by atoms with Gasteiger partial charge in [0.15, 0.2) is 12.2 Å². The van der Waals surface area contributed by atoms with Crippen LogP contribution in [0.3, 0.4) is 0 Å². The standard InChI is InChI=1S/C25H24FNO3S2/c1-2-22(27-24(28)17-29-21-9-5-3-4-6-10-21)25(30-18-31,23-11-7-8-16-32-23)19-12-14-20(26)15-13-19/h2-5,7-16,18,22-23H,1,6,17H2,(H,27,28). The number of thiocarbonyl (C=S) groups is 1. The molecule has 32 heavy (non-hydrogen) atoms. The molecule has 0 spiro atoms. The molecule has 2 aliphatic rings. The highest BCUT2D eigenvalue weighted by molar-refractivity contribution is 8.03. The van der Waals surface area contributed by atoms with E-state index in [1.807, 2.05) is 47.9 Å². The van der Waals surface area contributed by atoms with Gasteiger partial charge in [0.05, 0.1) is 11.3 Å². The average molecular weight is 470 g/mol. The zero-order valence-electron chi connectivity index (χ0n) is 17.4. The number of benzene rings is 1. The fraction of sp³-hybridized carbons (Fsp3) is 0.200. The van der Waals surface area contributed by atoms with Gasteiger partial charge in [0.25, 0.3) is 5.91 Å². The van der Waals surface area contributed by atoms with Crippen LogP contribution in [0.15, 0.2) is 96.7 Å². The van der Waals surface area contributed by atoms with Gasteiger partial charge in [-0.1, -0.05) is 54.7 Å². The number of carbonyl (C=O) groups excluding carboxylic acids is 1. The van der Waals surface area contributed by atoms with Gasteiger partial charge in [-0.3, -0.25) is 4.79 Å². The van der Waals surface area contributed by atoms with E-state index in [1.54, 1.807) is 24.3 Å². The molecule has 1 aromatic carbocycles. The Bertz CT molecular complexity index is 981. The van der Waals surface area contributed by atoms with Gasteiger partial charge in [0.2, 0.25) is 0 Å². The molecule has 1 heterocycles. The van der Waals surface area contributed by atoms with E-state index in [-0.39, 0.29) is 23.6 Å². The lowest BCUT2D eigenvalue weighted by Gasteiger charge is -2.43. The van der Waals surface area contributed by atoms with Crippen LogP contribution in [0.25, 0.3) is 0 Å². The molecule has 1 aliphatic heterocycles. The Hall–Kier alpha value is -2.90. The third kappa shape index (κ3) is 5.66. The second-order valence-corrected chi connectivity index (χ2v) is 8.23. The number of hydrogen-bond acceptors (Lipinski definition) is 5. The minimum atomic E-state index is -1.15. The molecule has 1 aliphatic carbocycles. The second kappa shape index (κ2) is 11.6. The van der Waals surface area contributed by atoms with E-state index < -0.39 is 11.6 Å². The number of amides is 1. The Morgan fingerprint density at radius 1 is 1.31 bits per heavy atom. The Balaban J connectivity index is 1.87. The molecule has 7 heteroatoms. The summed E-state index contributed by atoms with van der Waals surface area (Å²) in [6.07, 6.45) is 17.6. The number of rotatable bonds is 10. The number of thioether (sulfide) groups is 1. The summed E-state index contributed by atoms with van der Waals surface area (Å²) in [4.78, 5) is 12.8. The maximum Gasteiger partial charge on any atom is 0.258 e. The first-order chi connectivity index (χ1) is 15.6. The van der Waals surface area contributed by atoms with Gasteiger partial charge in [0, 0.05) is 0 Å². The quantitative estimate of drug-likeness (QED) is 0.374. The summed E-state index contributed by atoms with van der Waals surface area (Å²) >= 11 is 6.57. The first-order valence-corrected chi connectivity index (χ1v) is 11.5. The van der Waals surface area contributed by atoms with Crippen LogP contribution in [-0.4, -0.2) is 29.4 Å². The van der Waals surface area contributed by atoms with Gasteiger partial charge in [-0.15, -0.1) is 18.3 Å². The maximum atomic E-state index is 13.7. The summed E-state index contributed by atoms with van der Waals surface area (Å²) < 4.78 is 25.4. The molecule has 166 valence electrons. The Morgan fingerprint density at radius 2 is 2.12 bits per heavy atom. The SMILES string of the molecule is C=CC(NC(=O)COC1=CCC=CC=C1)C(OC=S)(c1ccc(F)cc1)C1C=CC=CS1. The fourth-order valence-electron chi connectivity index (χ4n) is 3.52. The minimum absolute atomic E-state index is 0.175. The number of carbonyl (C=O) groups is 1. The van der Waals surface area contributed by atoms with Crippen molar-refractivity contribution in [3.05, 3.63) is 108 Å². The van der Waals surface area contributed by atoms with Crippen molar-refractivity contribution >= 4 is 35.4 Å². The number of nitrogens with one attached hydrogen (secondary N) is 1. The van der Waals surface area contributed by atoms with Crippen molar-refractivity contribution in [1.29, 1.82) is 0 Å². The number of hydrogen-bond donors (Lipinski definition) is 1. The predicted octanol–water partition coefficient (Wildman–Crippen LogP) is 5.27. The summed E-state index contributed by atoms with van der Waals surface area (Å²) in [7, 11) is 0. The van der Waals surface area contributed by atoms with Gasteiger partial charge >= 0.3 is 0 Å². The summed E-state index contributed by atoms with van der Waals surface area (Å²) in [6.45, 7) is 3.75. The summed E-state index contributed by atoms with van der Waals surface area (Å²) in [5, 5.41) is 4.62. The number of halogens is 1. The molecule has 0 saturated carbocycles. The van der Waals surface area contributed by atoms with Crippen LogP contribution in [0.4, 0.5) is 4.39 Å². The molecule has 1 amide bonds. The molecular weight excluding hydrogens is 445 g/mol. The largest absolute Gasteiger partial charge is 0.484 e. The van der Waals surface area contributed by atoms with Crippen molar-refractivity contribution < 1.29 is 18.7 Å². The van der Waals surface area contributed by atoms with Crippen molar-refractivity contribution in [2.75, 3.05) is 6.61 Å². The van der Waals surface area contributed by atoms with Crippen molar-refractivity contribution in [2.45, 2.75) is 23.3 Å².